The number of piperidine rings is 1. The van der Waals surface area contributed by atoms with Crippen molar-refractivity contribution < 1.29 is 19.0 Å². The largest absolute Gasteiger partial charge is 0.496 e. The second kappa shape index (κ2) is 11.4. The molecule has 0 amide bonds. The van der Waals surface area contributed by atoms with Crippen molar-refractivity contribution in [2.45, 2.75) is 52.3 Å². The molecule has 184 valence electrons. The maximum Gasteiger partial charge on any atom is 0.146 e. The van der Waals surface area contributed by atoms with Gasteiger partial charge in [-0.2, -0.15) is 0 Å². The van der Waals surface area contributed by atoms with E-state index in [1.54, 1.807) is 21.1 Å². The Morgan fingerprint density at radius 2 is 1.69 bits per heavy atom. The van der Waals surface area contributed by atoms with Crippen molar-refractivity contribution in [3.63, 3.8) is 0 Å². The second-order valence-electron chi connectivity index (χ2n) is 9.14. The van der Waals surface area contributed by atoms with Gasteiger partial charge in [-0.25, -0.2) is 0 Å². The Bertz CT molecular complexity index is 1130. The highest BCUT2D eigenvalue weighted by Crippen LogP contribution is 2.37. The Labute approximate surface area is 208 Å². The zero-order valence-corrected chi connectivity index (χ0v) is 21.2. The number of benzene rings is 3. The van der Waals surface area contributed by atoms with E-state index in [1.165, 1.54) is 16.7 Å². The first-order chi connectivity index (χ1) is 17.0. The zero-order chi connectivity index (χ0) is 24.8. The number of Topliss-reactive ketones (excluding diaryl/α,β-unsaturated/α-hetero) is 1. The van der Waals surface area contributed by atoms with E-state index in [1.807, 2.05) is 18.2 Å². The molecule has 4 rings (SSSR count). The quantitative estimate of drug-likeness (QED) is 0.370. The summed E-state index contributed by atoms with van der Waals surface area (Å²) in [6, 6.07) is 20.5. The number of carbonyl (C=O) groups is 1. The molecule has 0 bridgehead atoms. The molecule has 0 radical (unpaired) electrons. The van der Waals surface area contributed by atoms with Gasteiger partial charge < -0.3 is 14.2 Å². The highest BCUT2D eigenvalue weighted by molar-refractivity contribution is 5.81. The highest BCUT2D eigenvalue weighted by Gasteiger charge is 2.28. The Balaban J connectivity index is 1.55. The minimum Gasteiger partial charge on any atom is -0.496 e. The lowest BCUT2D eigenvalue weighted by Gasteiger charge is -2.34. The van der Waals surface area contributed by atoms with E-state index >= 15 is 0 Å². The van der Waals surface area contributed by atoms with Crippen LogP contribution in [0, 0.1) is 6.92 Å². The summed E-state index contributed by atoms with van der Waals surface area (Å²) in [6.07, 6.45) is 3.09. The summed E-state index contributed by atoms with van der Waals surface area (Å²) in [5.74, 6) is 2.33. The van der Waals surface area contributed by atoms with Gasteiger partial charge in [-0.1, -0.05) is 55.0 Å². The fraction of sp³-hybridized carbons (Fsp3) is 0.367. The number of nitrogens with zero attached hydrogens (tertiary/aromatic N) is 1. The summed E-state index contributed by atoms with van der Waals surface area (Å²) >= 11 is 0. The fourth-order valence-corrected chi connectivity index (χ4v) is 4.97. The first-order valence-electron chi connectivity index (χ1n) is 12.3. The average Bonchev–Trinajstić information content (AvgIpc) is 2.89. The lowest BCUT2D eigenvalue weighted by atomic mass is 9.97. The van der Waals surface area contributed by atoms with E-state index in [9.17, 15) is 4.79 Å². The van der Waals surface area contributed by atoms with E-state index in [2.05, 4.69) is 54.3 Å². The number of carbonyl (C=O) groups excluding carboxylic acids is 1. The van der Waals surface area contributed by atoms with Gasteiger partial charge in [0.1, 0.15) is 29.6 Å². The van der Waals surface area contributed by atoms with Crippen molar-refractivity contribution in [1.82, 2.24) is 4.90 Å². The van der Waals surface area contributed by atoms with Gasteiger partial charge in [0.2, 0.25) is 0 Å². The van der Waals surface area contributed by atoms with Crippen LogP contribution in [0.15, 0.2) is 60.7 Å². The summed E-state index contributed by atoms with van der Waals surface area (Å²) in [7, 11) is 3.32. The monoisotopic (exact) mass is 473 g/mol. The van der Waals surface area contributed by atoms with Crippen LogP contribution in [0.2, 0.25) is 0 Å². The molecule has 0 aromatic heterocycles. The third kappa shape index (κ3) is 5.68. The van der Waals surface area contributed by atoms with Crippen molar-refractivity contribution in [2.24, 2.45) is 0 Å². The Hall–Kier alpha value is -3.31. The molecule has 3 aromatic carbocycles. The molecule has 1 fully saturated rings. The summed E-state index contributed by atoms with van der Waals surface area (Å²) < 4.78 is 17.7. The lowest BCUT2D eigenvalue weighted by Crippen LogP contribution is -2.43. The van der Waals surface area contributed by atoms with E-state index < -0.39 is 0 Å². The topological polar surface area (TPSA) is 48.0 Å². The van der Waals surface area contributed by atoms with Gasteiger partial charge in [0, 0.05) is 18.7 Å². The van der Waals surface area contributed by atoms with Crippen LogP contribution < -0.4 is 14.2 Å². The van der Waals surface area contributed by atoms with Crippen molar-refractivity contribution in [1.29, 1.82) is 0 Å². The Kier molecular flexibility index (Phi) is 8.09. The van der Waals surface area contributed by atoms with E-state index in [4.69, 9.17) is 14.2 Å². The van der Waals surface area contributed by atoms with Crippen LogP contribution in [-0.4, -0.2) is 37.5 Å². The maximum atomic E-state index is 12.2. The number of hydrogen-bond donors (Lipinski definition) is 0. The van der Waals surface area contributed by atoms with E-state index in [0.29, 0.717) is 30.4 Å². The molecule has 5 heteroatoms. The first kappa shape index (κ1) is 24.8. The normalized spacial score (nSPS) is 16.1. The molecule has 0 saturated carbocycles. The van der Waals surface area contributed by atoms with Crippen LogP contribution >= 0.6 is 0 Å². The number of hydrogen-bond acceptors (Lipinski definition) is 5. The summed E-state index contributed by atoms with van der Waals surface area (Å²) in [6.45, 7) is 5.76. The number of methoxy groups -OCH3 is 2. The van der Waals surface area contributed by atoms with Crippen LogP contribution in [0.4, 0.5) is 0 Å². The molecule has 35 heavy (non-hydrogen) atoms. The molecule has 1 atom stereocenters. The minimum absolute atomic E-state index is 0.0473. The van der Waals surface area contributed by atoms with Gasteiger partial charge >= 0.3 is 0 Å². The van der Waals surface area contributed by atoms with E-state index in [0.717, 1.165) is 36.9 Å². The van der Waals surface area contributed by atoms with Crippen LogP contribution in [-0.2, 0) is 17.9 Å². The van der Waals surface area contributed by atoms with Gasteiger partial charge in [-0.05, 0) is 55.5 Å². The first-order valence-corrected chi connectivity index (χ1v) is 12.3. The molecule has 1 saturated heterocycles. The highest BCUT2D eigenvalue weighted by atomic mass is 16.5. The van der Waals surface area contributed by atoms with Crippen molar-refractivity contribution in [2.75, 3.05) is 20.8 Å². The SMILES string of the molecule is COc1cc(OCc2cccc(-c3ccccc3)c2C)cc(OC)c1CN1CCCC[C@H]1C(C)=O. The molecule has 0 spiro atoms. The standard InChI is InChI=1S/C30H35NO4/c1-21-24(13-10-14-26(21)23-11-6-5-7-12-23)20-35-25-17-29(33-3)27(30(18-25)34-4)19-31-16-9-8-15-28(31)22(2)32/h5-7,10-14,17-18,28H,8-9,15-16,19-20H2,1-4H3/t28-/m0/s1. The number of likely N-dealkylation sites (tertiary alicyclic amines) is 1. The smallest absolute Gasteiger partial charge is 0.146 e. The molecule has 0 N–H and O–H groups in total. The molecule has 1 aliphatic heterocycles. The van der Waals surface area contributed by atoms with E-state index in [-0.39, 0.29) is 11.8 Å². The maximum absolute atomic E-state index is 12.2. The van der Waals surface area contributed by atoms with Crippen LogP contribution in [0.3, 0.4) is 0 Å². The lowest BCUT2D eigenvalue weighted by molar-refractivity contribution is -0.123. The molecule has 0 aliphatic carbocycles. The summed E-state index contributed by atoms with van der Waals surface area (Å²) in [5, 5.41) is 0. The number of ether oxygens (including phenoxy) is 3. The van der Waals surface area contributed by atoms with Crippen molar-refractivity contribution in [3.8, 4) is 28.4 Å². The van der Waals surface area contributed by atoms with Gasteiger partial charge in [0.25, 0.3) is 0 Å². The second-order valence-corrected chi connectivity index (χ2v) is 9.14. The molecule has 0 unspecified atom stereocenters. The van der Waals surface area contributed by atoms with Gasteiger partial charge in [-0.15, -0.1) is 0 Å². The Morgan fingerprint density at radius 3 is 2.34 bits per heavy atom. The molecular weight excluding hydrogens is 438 g/mol. The number of rotatable bonds is 9. The summed E-state index contributed by atoms with van der Waals surface area (Å²) in [5.41, 5.74) is 5.68. The van der Waals surface area contributed by atoms with Crippen molar-refractivity contribution in [3.05, 3.63) is 77.4 Å². The third-order valence-electron chi connectivity index (χ3n) is 6.95. The number of ketones is 1. The van der Waals surface area contributed by atoms with Gasteiger partial charge in [0.05, 0.1) is 25.8 Å². The van der Waals surface area contributed by atoms with Crippen LogP contribution in [0.1, 0.15) is 42.9 Å². The predicted molar refractivity (Wildman–Crippen MR) is 139 cm³/mol. The van der Waals surface area contributed by atoms with Crippen molar-refractivity contribution >= 4 is 5.78 Å². The molecular formula is C30H35NO4. The summed E-state index contributed by atoms with van der Waals surface area (Å²) in [4.78, 5) is 14.4. The van der Waals surface area contributed by atoms with Gasteiger partial charge in [-0.3, -0.25) is 9.69 Å². The zero-order valence-electron chi connectivity index (χ0n) is 21.2. The predicted octanol–water partition coefficient (Wildman–Crippen LogP) is 6.20. The van der Waals surface area contributed by atoms with Gasteiger partial charge in [0.15, 0.2) is 0 Å². The molecule has 1 heterocycles. The minimum atomic E-state index is -0.0473. The average molecular weight is 474 g/mol. The van der Waals surface area contributed by atoms with Crippen LogP contribution in [0.5, 0.6) is 17.2 Å². The third-order valence-corrected chi connectivity index (χ3v) is 6.95. The Morgan fingerprint density at radius 1 is 0.971 bits per heavy atom. The fourth-order valence-electron chi connectivity index (χ4n) is 4.97. The van der Waals surface area contributed by atoms with Crippen LogP contribution in [0.25, 0.3) is 11.1 Å². The molecule has 5 nitrogen and oxygen atoms in total. The molecule has 3 aromatic rings. The molecule has 1 aliphatic rings.